The zero-order valence-electron chi connectivity index (χ0n) is 11.6. The molecule has 0 amide bonds. The monoisotopic (exact) mass is 297 g/mol. The number of anilines is 1. The first-order chi connectivity index (χ1) is 9.56. The second-order valence-electron chi connectivity index (χ2n) is 5.33. The van der Waals surface area contributed by atoms with Crippen LogP contribution in [0.4, 0.5) is 5.82 Å². The quantitative estimate of drug-likeness (QED) is 0.790. The molecule has 6 heteroatoms. The highest BCUT2D eigenvalue weighted by molar-refractivity contribution is 6.29. The Morgan fingerprint density at radius 3 is 2.85 bits per heavy atom. The van der Waals surface area contributed by atoms with Crippen LogP contribution in [0.1, 0.15) is 30.1 Å². The van der Waals surface area contributed by atoms with E-state index in [1.165, 1.54) is 38.1 Å². The third kappa shape index (κ3) is 4.08. The van der Waals surface area contributed by atoms with Gasteiger partial charge in [-0.2, -0.15) is 0 Å². The summed E-state index contributed by atoms with van der Waals surface area (Å²) in [5.41, 5.74) is 0.155. The molecule has 1 saturated heterocycles. The fourth-order valence-electron chi connectivity index (χ4n) is 2.48. The van der Waals surface area contributed by atoms with Gasteiger partial charge in [0.2, 0.25) is 0 Å². The van der Waals surface area contributed by atoms with E-state index in [9.17, 15) is 4.79 Å². The van der Waals surface area contributed by atoms with Gasteiger partial charge in [0.25, 0.3) is 0 Å². The maximum Gasteiger partial charge on any atom is 0.339 e. The summed E-state index contributed by atoms with van der Waals surface area (Å²) in [6.07, 6.45) is 2.55. The van der Waals surface area contributed by atoms with Crippen molar-refractivity contribution in [1.29, 1.82) is 0 Å². The number of carbonyl (C=O) groups is 1. The highest BCUT2D eigenvalue weighted by Gasteiger charge is 2.16. The van der Waals surface area contributed by atoms with Crippen LogP contribution < -0.4 is 5.32 Å². The van der Waals surface area contributed by atoms with Gasteiger partial charge in [0.05, 0.1) is 0 Å². The number of likely N-dealkylation sites (tertiary alicyclic amines) is 1. The first kappa shape index (κ1) is 15.1. The number of aromatic carboxylic acids is 1. The lowest BCUT2D eigenvalue weighted by atomic mass is 10.1. The fourth-order valence-corrected chi connectivity index (χ4v) is 2.63. The molecule has 1 aromatic rings. The third-order valence-electron chi connectivity index (χ3n) is 3.48. The van der Waals surface area contributed by atoms with Gasteiger partial charge in [-0.05, 0) is 44.0 Å². The summed E-state index contributed by atoms with van der Waals surface area (Å²) in [7, 11) is 0. The van der Waals surface area contributed by atoms with Gasteiger partial charge in [-0.25, -0.2) is 9.78 Å². The minimum Gasteiger partial charge on any atom is -0.478 e. The van der Waals surface area contributed by atoms with Crippen molar-refractivity contribution in [2.75, 3.05) is 31.5 Å². The summed E-state index contributed by atoms with van der Waals surface area (Å²) in [5, 5.41) is 12.5. The van der Waals surface area contributed by atoms with Crippen LogP contribution in [0.2, 0.25) is 5.15 Å². The van der Waals surface area contributed by atoms with Gasteiger partial charge < -0.3 is 15.3 Å². The summed E-state index contributed by atoms with van der Waals surface area (Å²) in [5.74, 6) is -0.224. The Hall–Kier alpha value is -1.33. The zero-order valence-corrected chi connectivity index (χ0v) is 12.4. The smallest absolute Gasteiger partial charge is 0.339 e. The van der Waals surface area contributed by atoms with E-state index in [0.29, 0.717) is 23.4 Å². The molecular formula is C14H20ClN3O2. The van der Waals surface area contributed by atoms with Crippen molar-refractivity contribution in [3.05, 3.63) is 22.8 Å². The Kier molecular flexibility index (Phi) is 5.20. The molecule has 5 nitrogen and oxygen atoms in total. The number of halogens is 1. The van der Waals surface area contributed by atoms with Gasteiger partial charge in [-0.15, -0.1) is 0 Å². The average molecular weight is 298 g/mol. The van der Waals surface area contributed by atoms with Crippen LogP contribution >= 0.6 is 11.6 Å². The van der Waals surface area contributed by atoms with Crippen LogP contribution in [0.3, 0.4) is 0 Å². The van der Waals surface area contributed by atoms with Crippen molar-refractivity contribution in [1.82, 2.24) is 9.88 Å². The van der Waals surface area contributed by atoms with Crippen LogP contribution in [0.25, 0.3) is 0 Å². The van der Waals surface area contributed by atoms with E-state index in [1.807, 2.05) is 0 Å². The molecule has 0 radical (unpaired) electrons. The molecule has 20 heavy (non-hydrogen) atoms. The largest absolute Gasteiger partial charge is 0.478 e. The second kappa shape index (κ2) is 6.90. The third-order valence-corrected chi connectivity index (χ3v) is 3.69. The zero-order chi connectivity index (χ0) is 14.5. The Labute approximate surface area is 123 Å². The summed E-state index contributed by atoms with van der Waals surface area (Å²) in [4.78, 5) is 17.6. The molecule has 1 unspecified atom stereocenters. The Morgan fingerprint density at radius 1 is 1.50 bits per heavy atom. The van der Waals surface area contributed by atoms with E-state index in [4.69, 9.17) is 16.7 Å². The van der Waals surface area contributed by atoms with Crippen LogP contribution in [-0.2, 0) is 0 Å². The van der Waals surface area contributed by atoms with E-state index >= 15 is 0 Å². The second-order valence-corrected chi connectivity index (χ2v) is 5.72. The van der Waals surface area contributed by atoms with Crippen molar-refractivity contribution < 1.29 is 9.90 Å². The normalized spacial score (nSPS) is 17.1. The summed E-state index contributed by atoms with van der Waals surface area (Å²) in [6.45, 7) is 6.19. The lowest BCUT2D eigenvalue weighted by Crippen LogP contribution is -2.29. The van der Waals surface area contributed by atoms with Gasteiger partial charge >= 0.3 is 5.97 Å². The fraction of sp³-hybridized carbons (Fsp3) is 0.571. The minimum atomic E-state index is -0.996. The van der Waals surface area contributed by atoms with Crippen molar-refractivity contribution in [2.45, 2.75) is 19.8 Å². The molecule has 0 aromatic carbocycles. The number of nitrogens with one attached hydrogen (secondary N) is 1. The van der Waals surface area contributed by atoms with Crippen LogP contribution in [0.5, 0.6) is 0 Å². The predicted molar refractivity (Wildman–Crippen MR) is 79.5 cm³/mol. The van der Waals surface area contributed by atoms with E-state index in [2.05, 4.69) is 22.1 Å². The highest BCUT2D eigenvalue weighted by Crippen LogP contribution is 2.17. The molecule has 0 saturated carbocycles. The number of carboxylic acid groups (broad SMARTS) is 1. The SMILES string of the molecule is CC(CNc1nc(Cl)ccc1C(=O)O)CN1CCCC1. The molecule has 2 N–H and O–H groups in total. The number of aromatic nitrogens is 1. The first-order valence-electron chi connectivity index (χ1n) is 6.92. The molecule has 1 aliphatic heterocycles. The minimum absolute atomic E-state index is 0.155. The molecular weight excluding hydrogens is 278 g/mol. The van der Waals surface area contributed by atoms with E-state index < -0.39 is 5.97 Å². The molecule has 0 aliphatic carbocycles. The molecule has 2 heterocycles. The Morgan fingerprint density at radius 2 is 2.20 bits per heavy atom. The molecule has 110 valence electrons. The molecule has 0 spiro atoms. The number of hydrogen-bond acceptors (Lipinski definition) is 4. The summed E-state index contributed by atoms with van der Waals surface area (Å²) in [6, 6.07) is 2.97. The predicted octanol–water partition coefficient (Wildman–Crippen LogP) is 2.58. The highest BCUT2D eigenvalue weighted by atomic mass is 35.5. The number of hydrogen-bond donors (Lipinski definition) is 2. The number of rotatable bonds is 6. The standard InChI is InChI=1S/C14H20ClN3O2/c1-10(9-18-6-2-3-7-18)8-16-13-11(14(19)20)4-5-12(15)17-13/h4-5,10H,2-3,6-9H2,1H3,(H,16,17)(H,19,20). The molecule has 0 bridgehead atoms. The number of pyridine rings is 1. The van der Waals surface area contributed by atoms with E-state index in [1.54, 1.807) is 0 Å². The Balaban J connectivity index is 1.92. The topological polar surface area (TPSA) is 65.5 Å². The molecule has 2 rings (SSSR count). The molecule has 1 aromatic heterocycles. The van der Waals surface area contributed by atoms with Crippen molar-refractivity contribution >= 4 is 23.4 Å². The number of carboxylic acids is 1. The van der Waals surface area contributed by atoms with E-state index in [0.717, 1.165) is 6.54 Å². The van der Waals surface area contributed by atoms with Crippen LogP contribution in [-0.4, -0.2) is 47.1 Å². The first-order valence-corrected chi connectivity index (χ1v) is 7.30. The van der Waals surface area contributed by atoms with Crippen LogP contribution in [0.15, 0.2) is 12.1 Å². The average Bonchev–Trinajstić information content (AvgIpc) is 2.89. The lowest BCUT2D eigenvalue weighted by molar-refractivity contribution is 0.0697. The van der Waals surface area contributed by atoms with Crippen molar-refractivity contribution in [2.24, 2.45) is 5.92 Å². The van der Waals surface area contributed by atoms with E-state index in [-0.39, 0.29) is 5.56 Å². The van der Waals surface area contributed by atoms with Crippen molar-refractivity contribution in [3.63, 3.8) is 0 Å². The maximum absolute atomic E-state index is 11.1. The van der Waals surface area contributed by atoms with Crippen LogP contribution in [0, 0.1) is 5.92 Å². The Bertz CT molecular complexity index is 475. The van der Waals surface area contributed by atoms with Crippen molar-refractivity contribution in [3.8, 4) is 0 Å². The maximum atomic E-state index is 11.1. The van der Waals surface area contributed by atoms with Gasteiger partial charge in [-0.1, -0.05) is 18.5 Å². The molecule has 1 atom stereocenters. The molecule has 1 aliphatic rings. The molecule has 1 fully saturated rings. The van der Waals surface area contributed by atoms with Gasteiger partial charge in [0, 0.05) is 13.1 Å². The summed E-state index contributed by atoms with van der Waals surface area (Å²) < 4.78 is 0. The summed E-state index contributed by atoms with van der Waals surface area (Å²) >= 11 is 5.82. The van der Waals surface area contributed by atoms with Gasteiger partial charge in [-0.3, -0.25) is 0 Å². The number of nitrogens with zero attached hydrogens (tertiary/aromatic N) is 2. The van der Waals surface area contributed by atoms with Gasteiger partial charge in [0.1, 0.15) is 16.5 Å². The van der Waals surface area contributed by atoms with Gasteiger partial charge in [0.15, 0.2) is 0 Å². The lowest BCUT2D eigenvalue weighted by Gasteiger charge is -2.21.